The van der Waals surface area contributed by atoms with Crippen molar-refractivity contribution in [3.05, 3.63) is 65.7 Å². The maximum Gasteiger partial charge on any atom is 0.321 e. The lowest BCUT2D eigenvalue weighted by Crippen LogP contribution is -2.61. The van der Waals surface area contributed by atoms with Gasteiger partial charge in [-0.25, -0.2) is 4.79 Å². The summed E-state index contributed by atoms with van der Waals surface area (Å²) in [5, 5.41) is 32.4. The van der Waals surface area contributed by atoms with E-state index in [-0.39, 0.29) is 56.7 Å². The number of amides is 15. The lowest BCUT2D eigenvalue weighted by molar-refractivity contribution is -0.142. The van der Waals surface area contributed by atoms with E-state index in [0.29, 0.717) is 28.9 Å². The van der Waals surface area contributed by atoms with Crippen molar-refractivity contribution in [1.29, 1.82) is 0 Å². The minimum Gasteiger partial charge on any atom is -0.508 e. The van der Waals surface area contributed by atoms with Crippen molar-refractivity contribution >= 4 is 104 Å². The SMILES string of the molecule is CN(C(N)=O)C(=O)[C@H](CCCCN)NC(=O)[C@@H]1CCCN1C(=O)[C@H]1CSSC[C@@H](NC(=O)CNC(=O)CNC(=O)CN)C(=O)N[C@@H](Cc2ccc(O)cc2)C(=O)N[C@@H](Cc2ccccc2)C(=O)N[C@@H](CCC(N)=O)C(=O)N[C@@H](CC(N)=O)C(=O)N1. The monoisotopic (exact) mass is 1230 g/mol. The molecule has 0 unspecified atom stereocenters. The van der Waals surface area contributed by atoms with Crippen LogP contribution in [-0.2, 0) is 75.2 Å². The van der Waals surface area contributed by atoms with Crippen molar-refractivity contribution in [3.8, 4) is 5.75 Å². The van der Waals surface area contributed by atoms with E-state index < -0.39 is 176 Å². The van der Waals surface area contributed by atoms with E-state index in [1.54, 1.807) is 30.3 Å². The molecule has 31 nitrogen and oxygen atoms in total. The second-order valence-corrected chi connectivity index (χ2v) is 22.3. The van der Waals surface area contributed by atoms with Crippen LogP contribution in [0.4, 0.5) is 4.79 Å². The maximum atomic E-state index is 14.9. The number of hydrogen-bond acceptors (Lipinski definition) is 19. The third-order valence-corrected chi connectivity index (χ3v) is 15.7. The molecule has 0 saturated carbocycles. The molecular formula is C52H74N16O15S2. The Bertz CT molecular complexity index is 2750. The summed E-state index contributed by atoms with van der Waals surface area (Å²) in [7, 11) is 2.85. The third kappa shape index (κ3) is 23.2. The second-order valence-electron chi connectivity index (χ2n) is 19.8. The van der Waals surface area contributed by atoms with Gasteiger partial charge in [-0.15, -0.1) is 0 Å². The first kappa shape index (κ1) is 68.9. The van der Waals surface area contributed by atoms with Crippen molar-refractivity contribution in [2.24, 2.45) is 28.7 Å². The number of nitrogens with one attached hydrogen (secondary N) is 9. The van der Waals surface area contributed by atoms with Gasteiger partial charge >= 0.3 is 6.03 Å². The minimum atomic E-state index is -1.88. The average molecular weight is 1230 g/mol. The number of benzene rings is 2. The average Bonchev–Trinajstić information content (AvgIpc) is 4.24. The number of rotatable bonds is 23. The zero-order chi connectivity index (χ0) is 62.8. The summed E-state index contributed by atoms with van der Waals surface area (Å²) in [5.41, 5.74) is 28.2. The zero-order valence-electron chi connectivity index (χ0n) is 46.6. The molecule has 15 amide bonds. The molecule has 0 aromatic heterocycles. The number of unbranched alkanes of at least 4 members (excludes halogenated alkanes) is 1. The fourth-order valence-corrected chi connectivity index (χ4v) is 11.0. The molecule has 8 atom stereocenters. The summed E-state index contributed by atoms with van der Waals surface area (Å²) in [4.78, 5) is 191. The highest BCUT2D eigenvalue weighted by Crippen LogP contribution is 2.26. The molecule has 2 heterocycles. The topological polar surface area (TPSA) is 504 Å². The van der Waals surface area contributed by atoms with Gasteiger partial charge in [-0.3, -0.25) is 67.2 Å². The standard InChI is InChI=1S/C52H74N16O15S2/c1-67(52(57)83)50(81)32(10-5-6-18-53)62-49(80)38-11-7-19-68(38)51(82)37-27-85-84-26-36(60-43(74)25-59-42(73)24-58-41(72)23-54)48(79)64-34(21-29-12-14-30(69)15-13-29)46(77)63-33(20-28-8-3-2-4-9-28)45(76)61-31(16-17-39(55)70)44(75)65-35(22-40(56)71)47(78)66-37/h2-4,8-9,12-15,31-38,69H,5-7,10-11,16-27,53-54H2,1H3,(H2,55,70)(H2,56,71)(H2,57,83)(H,58,72)(H,59,73)(H,60,74)(H,61,76)(H,62,80)(H,63,77)(H,64,79)(H,65,75)(H,66,78)/t31-,32-,33-,34-,35-,36+,37+,38-/m0/s1. The molecular weight excluding hydrogens is 1150 g/mol. The molecule has 2 fully saturated rings. The van der Waals surface area contributed by atoms with Crippen LogP contribution in [-0.4, -0.2) is 197 Å². The molecule has 2 aromatic carbocycles. The minimum absolute atomic E-state index is 0.0379. The van der Waals surface area contributed by atoms with Gasteiger partial charge in [0.05, 0.1) is 26.1 Å². The third-order valence-electron chi connectivity index (χ3n) is 13.2. The van der Waals surface area contributed by atoms with Crippen LogP contribution in [0, 0.1) is 0 Å². The Balaban J connectivity index is 1.82. The summed E-state index contributed by atoms with van der Waals surface area (Å²) < 4.78 is 0. The summed E-state index contributed by atoms with van der Waals surface area (Å²) >= 11 is 0. The molecule has 464 valence electrons. The van der Waals surface area contributed by atoms with Gasteiger partial charge in [0.2, 0.25) is 70.9 Å². The molecule has 85 heavy (non-hydrogen) atoms. The van der Waals surface area contributed by atoms with Gasteiger partial charge in [0.25, 0.3) is 5.91 Å². The molecule has 4 rings (SSSR count). The lowest BCUT2D eigenvalue weighted by atomic mass is 10.0. The Morgan fingerprint density at radius 3 is 1.86 bits per heavy atom. The highest BCUT2D eigenvalue weighted by Gasteiger charge is 2.41. The fraction of sp³-hybridized carbons (Fsp3) is 0.500. The van der Waals surface area contributed by atoms with Gasteiger partial charge in [0.1, 0.15) is 54.1 Å². The molecule has 33 heteroatoms. The molecule has 2 aliphatic heterocycles. The van der Waals surface area contributed by atoms with Crippen molar-refractivity contribution in [3.63, 3.8) is 0 Å². The van der Waals surface area contributed by atoms with Crippen LogP contribution in [0.2, 0.25) is 0 Å². The normalized spacial score (nSPS) is 21.2. The van der Waals surface area contributed by atoms with E-state index in [9.17, 15) is 72.2 Å². The Labute approximate surface area is 496 Å². The van der Waals surface area contributed by atoms with Crippen molar-refractivity contribution in [2.45, 2.75) is 113 Å². The number of carbonyl (C=O) groups excluding carboxylic acids is 14. The number of urea groups is 1. The first-order valence-corrected chi connectivity index (χ1v) is 29.4. The van der Waals surface area contributed by atoms with Gasteiger partial charge in [-0.1, -0.05) is 64.1 Å². The number of hydrogen-bond donors (Lipinski definition) is 15. The number of phenolic OH excluding ortho intramolecular Hbond substituents is 1. The summed E-state index contributed by atoms with van der Waals surface area (Å²) in [6, 6.07) is 0.239. The van der Waals surface area contributed by atoms with Gasteiger partial charge in [0.15, 0.2) is 0 Å². The lowest BCUT2D eigenvalue weighted by Gasteiger charge is -2.31. The van der Waals surface area contributed by atoms with E-state index in [2.05, 4.69) is 47.9 Å². The highest BCUT2D eigenvalue weighted by molar-refractivity contribution is 8.76. The van der Waals surface area contributed by atoms with E-state index >= 15 is 0 Å². The smallest absolute Gasteiger partial charge is 0.321 e. The van der Waals surface area contributed by atoms with E-state index in [1.165, 1.54) is 24.3 Å². The fourth-order valence-electron chi connectivity index (χ4n) is 8.65. The number of aromatic hydroxyl groups is 1. The number of nitrogens with two attached hydrogens (primary N) is 5. The number of imide groups is 1. The predicted octanol–water partition coefficient (Wildman–Crippen LogP) is -6.04. The number of carbonyl (C=O) groups is 14. The van der Waals surface area contributed by atoms with Gasteiger partial charge in [-0.2, -0.15) is 0 Å². The zero-order valence-corrected chi connectivity index (χ0v) is 48.2. The Kier molecular flexibility index (Phi) is 28.3. The number of nitrogens with zero attached hydrogens (tertiary/aromatic N) is 2. The highest BCUT2D eigenvalue weighted by atomic mass is 33.1. The molecule has 0 radical (unpaired) electrons. The first-order valence-electron chi connectivity index (χ1n) is 27.0. The number of primary amides is 3. The first-order chi connectivity index (χ1) is 40.4. The molecule has 20 N–H and O–H groups in total. The second kappa shape index (κ2) is 34.9. The van der Waals surface area contributed by atoms with Crippen LogP contribution in [0.15, 0.2) is 54.6 Å². The largest absolute Gasteiger partial charge is 0.508 e. The van der Waals surface area contributed by atoms with Crippen LogP contribution in [0.3, 0.4) is 0 Å². The van der Waals surface area contributed by atoms with E-state index in [0.717, 1.165) is 33.5 Å². The van der Waals surface area contributed by atoms with Gasteiger partial charge < -0.3 is 86.5 Å². The van der Waals surface area contributed by atoms with Gasteiger partial charge in [0, 0.05) is 44.4 Å². The van der Waals surface area contributed by atoms with Crippen LogP contribution < -0.4 is 76.5 Å². The van der Waals surface area contributed by atoms with E-state index in [1.807, 2.05) is 0 Å². The van der Waals surface area contributed by atoms with E-state index in [4.69, 9.17) is 28.7 Å². The molecule has 2 saturated heterocycles. The van der Waals surface area contributed by atoms with Crippen LogP contribution in [0.1, 0.15) is 62.5 Å². The molecule has 0 spiro atoms. The van der Waals surface area contributed by atoms with Crippen LogP contribution in [0.25, 0.3) is 0 Å². The molecule has 0 aliphatic carbocycles. The molecule has 2 aliphatic rings. The van der Waals surface area contributed by atoms with Crippen LogP contribution >= 0.6 is 21.6 Å². The predicted molar refractivity (Wildman–Crippen MR) is 308 cm³/mol. The summed E-state index contributed by atoms with van der Waals surface area (Å²) in [6.45, 7) is -1.51. The number of phenols is 1. The molecule has 0 bridgehead atoms. The number of likely N-dealkylation sites (tertiary alicyclic amines) is 1. The van der Waals surface area contributed by atoms with Crippen LogP contribution in [0.5, 0.6) is 5.75 Å². The summed E-state index contributed by atoms with van der Waals surface area (Å²) in [6.07, 6.45) is -1.28. The Morgan fingerprint density at radius 1 is 0.682 bits per heavy atom. The van der Waals surface area contributed by atoms with Crippen molar-refractivity contribution < 1.29 is 72.2 Å². The molecule has 2 aromatic rings. The van der Waals surface area contributed by atoms with Gasteiger partial charge in [-0.05, 0) is 68.3 Å². The van der Waals surface area contributed by atoms with Crippen molar-refractivity contribution in [1.82, 2.24) is 57.7 Å². The maximum absolute atomic E-state index is 14.9. The van der Waals surface area contributed by atoms with Crippen molar-refractivity contribution in [2.75, 3.05) is 51.3 Å². The Morgan fingerprint density at radius 2 is 1.25 bits per heavy atom. The number of likely N-dealkylation sites (N-methyl/N-ethyl adjacent to an activating group) is 1. The Hall–Kier alpha value is -8.56. The quantitative estimate of drug-likeness (QED) is 0.0364. The summed E-state index contributed by atoms with van der Waals surface area (Å²) in [5.74, 6) is -13.2.